The van der Waals surface area contributed by atoms with Gasteiger partial charge in [-0.25, -0.2) is 10.2 Å². The Morgan fingerprint density at radius 3 is 2.15 bits per heavy atom. The molecule has 0 saturated heterocycles. The van der Waals surface area contributed by atoms with Gasteiger partial charge in [-0.3, -0.25) is 4.79 Å². The fourth-order valence-corrected chi connectivity index (χ4v) is 2.98. The SMILES string of the molecule is COc1cc(C(=O)N/N=C\c2cccc(OC(=O)c3ccc(Cl)cc3)c2)cc(OC)c1OC. The molecule has 1 amide bonds. The average molecular weight is 469 g/mol. The van der Waals surface area contributed by atoms with Crippen LogP contribution in [0.1, 0.15) is 26.3 Å². The summed E-state index contributed by atoms with van der Waals surface area (Å²) >= 11 is 5.84. The third-order valence-corrected chi connectivity index (χ3v) is 4.71. The second-order valence-corrected chi connectivity index (χ2v) is 7.02. The molecule has 3 aromatic rings. The molecule has 1 N–H and O–H groups in total. The molecule has 0 saturated carbocycles. The first-order chi connectivity index (χ1) is 15.9. The van der Waals surface area contributed by atoms with E-state index in [-0.39, 0.29) is 5.56 Å². The van der Waals surface area contributed by atoms with E-state index in [1.54, 1.807) is 48.5 Å². The molecule has 3 rings (SSSR count). The molecular weight excluding hydrogens is 448 g/mol. The zero-order valence-corrected chi connectivity index (χ0v) is 18.9. The van der Waals surface area contributed by atoms with Crippen LogP contribution in [-0.4, -0.2) is 39.4 Å². The number of carbonyl (C=O) groups excluding carboxylic acids is 2. The molecule has 0 aliphatic rings. The van der Waals surface area contributed by atoms with E-state index in [1.165, 1.54) is 39.7 Å². The lowest BCUT2D eigenvalue weighted by atomic mass is 10.1. The molecule has 0 atom stereocenters. The second kappa shape index (κ2) is 11.0. The third kappa shape index (κ3) is 6.02. The predicted octanol–water partition coefficient (Wildman–Crippen LogP) is 4.35. The highest BCUT2D eigenvalue weighted by molar-refractivity contribution is 6.30. The summed E-state index contributed by atoms with van der Waals surface area (Å²) in [6, 6.07) is 16.1. The van der Waals surface area contributed by atoms with Gasteiger partial charge in [-0.15, -0.1) is 0 Å². The molecule has 0 aliphatic carbocycles. The number of hydrazone groups is 1. The lowest BCUT2D eigenvalue weighted by Gasteiger charge is -2.13. The van der Waals surface area contributed by atoms with Crippen LogP contribution in [0.2, 0.25) is 5.02 Å². The van der Waals surface area contributed by atoms with Crippen LogP contribution < -0.4 is 24.4 Å². The molecule has 33 heavy (non-hydrogen) atoms. The van der Waals surface area contributed by atoms with Gasteiger partial charge in [-0.1, -0.05) is 23.7 Å². The van der Waals surface area contributed by atoms with Crippen molar-refractivity contribution >= 4 is 29.7 Å². The number of esters is 1. The Kier molecular flexibility index (Phi) is 7.88. The monoisotopic (exact) mass is 468 g/mol. The van der Waals surface area contributed by atoms with Crippen molar-refractivity contribution in [2.75, 3.05) is 21.3 Å². The van der Waals surface area contributed by atoms with Crippen LogP contribution in [0.5, 0.6) is 23.0 Å². The molecule has 0 spiro atoms. The Morgan fingerprint density at radius 2 is 1.55 bits per heavy atom. The topological polar surface area (TPSA) is 95.5 Å². The summed E-state index contributed by atoms with van der Waals surface area (Å²) in [6.45, 7) is 0. The van der Waals surface area contributed by atoms with Crippen molar-refractivity contribution < 1.29 is 28.5 Å². The summed E-state index contributed by atoms with van der Waals surface area (Å²) in [7, 11) is 4.40. The van der Waals surface area contributed by atoms with Crippen LogP contribution in [0.3, 0.4) is 0 Å². The van der Waals surface area contributed by atoms with Gasteiger partial charge in [0.05, 0.1) is 33.1 Å². The maximum atomic E-state index is 12.5. The van der Waals surface area contributed by atoms with Crippen LogP contribution >= 0.6 is 11.6 Å². The van der Waals surface area contributed by atoms with Gasteiger partial charge in [0.25, 0.3) is 5.91 Å². The Hall–Kier alpha value is -4.04. The number of halogens is 1. The van der Waals surface area contributed by atoms with Gasteiger partial charge in [0, 0.05) is 10.6 Å². The third-order valence-electron chi connectivity index (χ3n) is 4.46. The van der Waals surface area contributed by atoms with Crippen molar-refractivity contribution in [3.05, 3.63) is 82.4 Å². The lowest BCUT2D eigenvalue weighted by molar-refractivity contribution is 0.0734. The van der Waals surface area contributed by atoms with Crippen molar-refractivity contribution in [2.45, 2.75) is 0 Å². The van der Waals surface area contributed by atoms with Crippen molar-refractivity contribution in [1.29, 1.82) is 0 Å². The van der Waals surface area contributed by atoms with Gasteiger partial charge in [0.15, 0.2) is 11.5 Å². The lowest BCUT2D eigenvalue weighted by Crippen LogP contribution is -2.18. The normalized spacial score (nSPS) is 10.5. The summed E-state index contributed by atoms with van der Waals surface area (Å²) in [5, 5.41) is 4.49. The first-order valence-corrected chi connectivity index (χ1v) is 10.0. The predicted molar refractivity (Wildman–Crippen MR) is 124 cm³/mol. The number of carbonyl (C=O) groups is 2. The van der Waals surface area contributed by atoms with Crippen LogP contribution in [0, 0.1) is 0 Å². The Bertz CT molecular complexity index is 1150. The number of ether oxygens (including phenoxy) is 4. The van der Waals surface area contributed by atoms with Crippen LogP contribution in [-0.2, 0) is 0 Å². The van der Waals surface area contributed by atoms with Crippen molar-refractivity contribution in [1.82, 2.24) is 5.43 Å². The molecule has 170 valence electrons. The summed E-state index contributed by atoms with van der Waals surface area (Å²) in [5.41, 5.74) is 3.69. The largest absolute Gasteiger partial charge is 0.493 e. The zero-order chi connectivity index (χ0) is 23.8. The zero-order valence-electron chi connectivity index (χ0n) is 18.1. The van der Waals surface area contributed by atoms with Crippen molar-refractivity contribution in [3.63, 3.8) is 0 Å². The molecule has 0 radical (unpaired) electrons. The number of hydrogen-bond donors (Lipinski definition) is 1. The van der Waals surface area contributed by atoms with Crippen LogP contribution in [0.15, 0.2) is 65.8 Å². The molecule has 0 bridgehead atoms. The summed E-state index contributed by atoms with van der Waals surface area (Å²) in [4.78, 5) is 24.8. The van der Waals surface area contributed by atoms with E-state index in [2.05, 4.69) is 10.5 Å². The molecule has 0 aliphatic heterocycles. The van der Waals surface area contributed by atoms with E-state index in [9.17, 15) is 9.59 Å². The number of benzene rings is 3. The number of rotatable bonds is 8. The smallest absolute Gasteiger partial charge is 0.343 e. The minimum atomic E-state index is -0.517. The number of methoxy groups -OCH3 is 3. The number of hydrogen-bond acceptors (Lipinski definition) is 7. The highest BCUT2D eigenvalue weighted by Crippen LogP contribution is 2.38. The molecule has 0 aromatic heterocycles. The first-order valence-electron chi connectivity index (χ1n) is 9.66. The number of nitrogens with one attached hydrogen (secondary N) is 1. The van der Waals surface area contributed by atoms with E-state index in [0.29, 0.717) is 39.1 Å². The Morgan fingerprint density at radius 1 is 0.879 bits per heavy atom. The standard InChI is InChI=1S/C24H21ClN2O6/c1-30-20-12-17(13-21(31-2)22(20)32-3)23(28)27-26-14-15-5-4-6-19(11-15)33-24(29)16-7-9-18(25)10-8-16/h4-14H,1-3H3,(H,27,28)/b26-14-. The highest BCUT2D eigenvalue weighted by atomic mass is 35.5. The maximum absolute atomic E-state index is 12.5. The molecule has 0 heterocycles. The molecule has 8 nitrogen and oxygen atoms in total. The fourth-order valence-electron chi connectivity index (χ4n) is 2.85. The molecule has 3 aromatic carbocycles. The molecule has 0 unspecified atom stereocenters. The van der Waals surface area contributed by atoms with Gasteiger partial charge >= 0.3 is 5.97 Å². The van der Waals surface area contributed by atoms with E-state index in [0.717, 1.165) is 0 Å². The summed E-state index contributed by atoms with van der Waals surface area (Å²) < 4.78 is 21.1. The van der Waals surface area contributed by atoms with Crippen LogP contribution in [0.4, 0.5) is 0 Å². The number of nitrogens with zero attached hydrogens (tertiary/aromatic N) is 1. The molecule has 9 heteroatoms. The van der Waals surface area contributed by atoms with Gasteiger partial charge in [0.2, 0.25) is 5.75 Å². The van der Waals surface area contributed by atoms with Crippen molar-refractivity contribution in [2.24, 2.45) is 5.10 Å². The van der Waals surface area contributed by atoms with E-state index in [4.69, 9.17) is 30.5 Å². The molecule has 0 fully saturated rings. The quantitative estimate of drug-likeness (QED) is 0.228. The second-order valence-electron chi connectivity index (χ2n) is 6.58. The van der Waals surface area contributed by atoms with E-state index in [1.807, 2.05) is 0 Å². The Labute approximate surface area is 195 Å². The van der Waals surface area contributed by atoms with Gasteiger partial charge in [-0.2, -0.15) is 5.10 Å². The highest BCUT2D eigenvalue weighted by Gasteiger charge is 2.16. The van der Waals surface area contributed by atoms with Crippen LogP contribution in [0.25, 0.3) is 0 Å². The van der Waals surface area contributed by atoms with Gasteiger partial charge in [-0.05, 0) is 54.1 Å². The Balaban J connectivity index is 1.67. The summed E-state index contributed by atoms with van der Waals surface area (Å²) in [5.74, 6) is 0.412. The van der Waals surface area contributed by atoms with Crippen molar-refractivity contribution in [3.8, 4) is 23.0 Å². The minimum absolute atomic E-state index is 0.271. The summed E-state index contributed by atoms with van der Waals surface area (Å²) in [6.07, 6.45) is 1.43. The van der Waals surface area contributed by atoms with Gasteiger partial charge < -0.3 is 18.9 Å². The molecular formula is C24H21ClN2O6. The van der Waals surface area contributed by atoms with E-state index >= 15 is 0 Å². The average Bonchev–Trinajstić information content (AvgIpc) is 2.83. The number of amides is 1. The fraction of sp³-hybridized carbons (Fsp3) is 0.125. The van der Waals surface area contributed by atoms with Gasteiger partial charge in [0.1, 0.15) is 5.75 Å². The minimum Gasteiger partial charge on any atom is -0.493 e. The first kappa shape index (κ1) is 23.6. The maximum Gasteiger partial charge on any atom is 0.343 e. The van der Waals surface area contributed by atoms with E-state index < -0.39 is 11.9 Å².